The van der Waals surface area contributed by atoms with E-state index in [2.05, 4.69) is 194 Å². The van der Waals surface area contributed by atoms with Gasteiger partial charge in [0.2, 0.25) is 0 Å². The molecule has 0 atom stereocenters. The van der Waals surface area contributed by atoms with Crippen molar-refractivity contribution in [1.29, 1.82) is 0 Å². The van der Waals surface area contributed by atoms with Crippen molar-refractivity contribution in [2.45, 2.75) is 0 Å². The zero-order valence-electron chi connectivity index (χ0n) is 26.5. The molecule has 0 amide bonds. The van der Waals surface area contributed by atoms with Crippen molar-refractivity contribution in [3.05, 3.63) is 193 Å². The molecule has 0 radical (unpaired) electrons. The molecule has 0 bridgehead atoms. The van der Waals surface area contributed by atoms with Crippen LogP contribution in [0.3, 0.4) is 0 Å². The molecule has 0 N–H and O–H groups in total. The quantitative estimate of drug-likeness (QED) is 0.135. The highest BCUT2D eigenvalue weighted by Crippen LogP contribution is 2.44. The molecular weight excluding hydrogens is 577 g/mol. The minimum absolute atomic E-state index is 1.18. The van der Waals surface area contributed by atoms with Gasteiger partial charge in [0.1, 0.15) is 0 Å². The van der Waals surface area contributed by atoms with Gasteiger partial charge < -0.3 is 0 Å². The molecule has 0 aliphatic carbocycles. The van der Waals surface area contributed by atoms with Crippen molar-refractivity contribution in [3.8, 4) is 33.4 Å². The minimum Gasteiger partial charge on any atom is -0.0616 e. The van der Waals surface area contributed by atoms with Crippen molar-refractivity contribution in [3.63, 3.8) is 0 Å². The Bertz CT molecular complexity index is 2580. The molecule has 0 fully saturated rings. The fourth-order valence-corrected chi connectivity index (χ4v) is 7.30. The lowest BCUT2D eigenvalue weighted by Crippen LogP contribution is -1.91. The van der Waals surface area contributed by atoms with Gasteiger partial charge in [0.25, 0.3) is 0 Å². The highest BCUT2D eigenvalue weighted by atomic mass is 14.2. The molecule has 0 aliphatic rings. The fourth-order valence-electron chi connectivity index (χ4n) is 7.30. The summed E-state index contributed by atoms with van der Waals surface area (Å²) >= 11 is 0. The van der Waals surface area contributed by atoms with E-state index in [4.69, 9.17) is 0 Å². The van der Waals surface area contributed by atoms with E-state index in [1.165, 1.54) is 87.6 Å². The number of rotatable bonds is 5. The Kier molecular flexibility index (Phi) is 6.91. The van der Waals surface area contributed by atoms with Gasteiger partial charge in [-0.05, 0) is 93.7 Å². The second-order valence-corrected chi connectivity index (χ2v) is 12.5. The Morgan fingerprint density at radius 3 is 1.31 bits per heavy atom. The Morgan fingerprint density at radius 1 is 0.271 bits per heavy atom. The monoisotopic (exact) mass is 608 g/mol. The Labute approximate surface area is 280 Å². The van der Waals surface area contributed by atoms with Crippen LogP contribution in [-0.4, -0.2) is 0 Å². The zero-order valence-corrected chi connectivity index (χ0v) is 26.5. The molecule has 48 heavy (non-hydrogen) atoms. The lowest BCUT2D eigenvalue weighted by Gasteiger charge is -2.18. The van der Waals surface area contributed by atoms with Crippen molar-refractivity contribution in [1.82, 2.24) is 0 Å². The average Bonchev–Trinajstić information content (AvgIpc) is 3.16. The predicted octanol–water partition coefficient (Wildman–Crippen LogP) is 13.5. The Balaban J connectivity index is 1.07. The summed E-state index contributed by atoms with van der Waals surface area (Å²) in [6.45, 7) is 0. The summed E-state index contributed by atoms with van der Waals surface area (Å²) in [6.07, 6.45) is 4.40. The van der Waals surface area contributed by atoms with Crippen molar-refractivity contribution >= 4 is 55.2 Å². The molecule has 224 valence electrons. The number of fused-ring (bicyclic) bond motifs is 4. The second kappa shape index (κ2) is 11.8. The summed E-state index contributed by atoms with van der Waals surface area (Å²) in [4.78, 5) is 0. The topological polar surface area (TPSA) is 0 Å². The van der Waals surface area contributed by atoms with Gasteiger partial charge in [-0.25, -0.2) is 0 Å². The molecule has 0 aromatic heterocycles. The third-order valence-electron chi connectivity index (χ3n) is 9.65. The van der Waals surface area contributed by atoms with Gasteiger partial charge in [0.05, 0.1) is 0 Å². The molecule has 0 aliphatic heterocycles. The van der Waals surface area contributed by atoms with E-state index < -0.39 is 0 Å². The number of hydrogen-bond donors (Lipinski definition) is 0. The molecule has 0 saturated carbocycles. The summed E-state index contributed by atoms with van der Waals surface area (Å²) in [5.41, 5.74) is 9.92. The molecule has 0 spiro atoms. The molecule has 0 saturated heterocycles. The molecule has 9 rings (SSSR count). The van der Waals surface area contributed by atoms with E-state index in [1.54, 1.807) is 0 Å². The first-order valence-corrected chi connectivity index (χ1v) is 16.6. The van der Waals surface area contributed by atoms with Gasteiger partial charge in [0, 0.05) is 0 Å². The first kappa shape index (κ1) is 28.0. The van der Waals surface area contributed by atoms with Crippen LogP contribution in [0.1, 0.15) is 11.1 Å². The van der Waals surface area contributed by atoms with Crippen LogP contribution in [0.5, 0.6) is 0 Å². The lowest BCUT2D eigenvalue weighted by atomic mass is 9.85. The summed E-state index contributed by atoms with van der Waals surface area (Å²) in [5.74, 6) is 0. The fraction of sp³-hybridized carbons (Fsp3) is 0. The van der Waals surface area contributed by atoms with Crippen LogP contribution in [0.2, 0.25) is 0 Å². The zero-order chi connectivity index (χ0) is 31.9. The van der Waals surface area contributed by atoms with Crippen LogP contribution in [0, 0.1) is 0 Å². The van der Waals surface area contributed by atoms with E-state index in [0.717, 1.165) is 0 Å². The van der Waals surface area contributed by atoms with Crippen LogP contribution in [0.4, 0.5) is 0 Å². The van der Waals surface area contributed by atoms with Gasteiger partial charge in [-0.15, -0.1) is 0 Å². The van der Waals surface area contributed by atoms with Crippen LogP contribution in [-0.2, 0) is 0 Å². The largest absolute Gasteiger partial charge is 0.0616 e. The van der Waals surface area contributed by atoms with E-state index in [1.807, 2.05) is 0 Å². The summed E-state index contributed by atoms with van der Waals surface area (Å²) in [7, 11) is 0. The lowest BCUT2D eigenvalue weighted by molar-refractivity contribution is 1.62. The Morgan fingerprint density at radius 2 is 0.708 bits per heavy atom. The maximum atomic E-state index is 2.33. The van der Waals surface area contributed by atoms with Crippen LogP contribution in [0.25, 0.3) is 88.6 Å². The van der Waals surface area contributed by atoms with Gasteiger partial charge in [-0.3, -0.25) is 0 Å². The maximum Gasteiger partial charge on any atom is -0.00262 e. The molecule has 0 unspecified atom stereocenters. The molecular formula is C48H32. The summed E-state index contributed by atoms with van der Waals surface area (Å²) < 4.78 is 0. The number of hydrogen-bond acceptors (Lipinski definition) is 0. The highest BCUT2D eigenvalue weighted by Gasteiger charge is 2.16. The van der Waals surface area contributed by atoms with Crippen molar-refractivity contribution in [2.75, 3.05) is 0 Å². The second-order valence-electron chi connectivity index (χ2n) is 12.5. The van der Waals surface area contributed by atoms with E-state index >= 15 is 0 Å². The number of benzene rings is 9. The van der Waals surface area contributed by atoms with Crippen LogP contribution < -0.4 is 0 Å². The van der Waals surface area contributed by atoms with Crippen LogP contribution >= 0.6 is 0 Å². The van der Waals surface area contributed by atoms with Crippen molar-refractivity contribution in [2.24, 2.45) is 0 Å². The maximum absolute atomic E-state index is 2.33. The predicted molar refractivity (Wildman–Crippen MR) is 208 cm³/mol. The summed E-state index contributed by atoms with van der Waals surface area (Å²) in [5, 5.41) is 10.2. The third-order valence-corrected chi connectivity index (χ3v) is 9.65. The highest BCUT2D eigenvalue weighted by molar-refractivity contribution is 6.21. The van der Waals surface area contributed by atoms with Gasteiger partial charge in [0.15, 0.2) is 0 Å². The van der Waals surface area contributed by atoms with Crippen molar-refractivity contribution < 1.29 is 0 Å². The smallest absolute Gasteiger partial charge is 0.00262 e. The third kappa shape index (κ3) is 4.96. The van der Waals surface area contributed by atoms with E-state index in [-0.39, 0.29) is 0 Å². The summed E-state index contributed by atoms with van der Waals surface area (Å²) in [6, 6.07) is 66.2. The normalized spacial score (nSPS) is 11.7. The first-order valence-electron chi connectivity index (χ1n) is 16.6. The molecule has 0 heteroatoms. The van der Waals surface area contributed by atoms with Gasteiger partial charge >= 0.3 is 0 Å². The molecule has 0 nitrogen and oxygen atoms in total. The minimum atomic E-state index is 1.18. The molecule has 9 aromatic rings. The SMILES string of the molecule is C(=Cc1ccc(-c2c3ccccc3c(-c3ccc4ccccc4c3)c3ccccc23)cc1)c1ccc(-c2cccc3ccccc23)cc1. The molecule has 0 heterocycles. The molecule has 9 aromatic carbocycles. The standard InChI is InChI=1S/C48H32/c1-2-12-39-32-40(31-30-35(39)10-1)48-45-17-7-5-15-43(45)47(44-16-6-8-18-46(44)48)38-28-24-34(25-29-38)21-20-33-22-26-37(27-23-33)42-19-9-13-36-11-3-4-14-41(36)42/h1-32H. The first-order chi connectivity index (χ1) is 23.8. The van der Waals surface area contributed by atoms with Crippen LogP contribution in [0.15, 0.2) is 182 Å². The van der Waals surface area contributed by atoms with E-state index in [0.29, 0.717) is 0 Å². The van der Waals surface area contributed by atoms with Gasteiger partial charge in [-0.2, -0.15) is 0 Å². The van der Waals surface area contributed by atoms with E-state index in [9.17, 15) is 0 Å². The Hall–Kier alpha value is -6.24. The van der Waals surface area contributed by atoms with Gasteiger partial charge in [-0.1, -0.05) is 188 Å². The average molecular weight is 609 g/mol.